The van der Waals surface area contributed by atoms with Crippen molar-refractivity contribution in [3.05, 3.63) is 120 Å². The molecule has 10 heteroatoms. The molecule has 2 aliphatic carbocycles. The zero-order valence-electron chi connectivity index (χ0n) is 34.3. The summed E-state index contributed by atoms with van der Waals surface area (Å²) in [6.07, 6.45) is 20.3. The van der Waals surface area contributed by atoms with Crippen LogP contribution >= 0.6 is 0 Å². The number of aliphatic hydroxyl groups excluding tert-OH is 5. The Bertz CT molecular complexity index is 1590. The molecule has 0 radical (unpaired) electrons. The largest absolute Gasteiger partial charge is 0.469 e. The van der Waals surface area contributed by atoms with E-state index in [1.807, 2.05) is 91.0 Å². The summed E-state index contributed by atoms with van der Waals surface area (Å²) in [5, 5.41) is 51.4. The van der Waals surface area contributed by atoms with Crippen molar-refractivity contribution in [2.24, 2.45) is 23.7 Å². The lowest BCUT2D eigenvalue weighted by atomic mass is 9.89. The molecule has 2 fully saturated rings. The average molecular weight is 835 g/mol. The van der Waals surface area contributed by atoms with Crippen LogP contribution in [0.4, 0.5) is 0 Å². The van der Waals surface area contributed by atoms with E-state index in [0.29, 0.717) is 51.4 Å². The van der Waals surface area contributed by atoms with Gasteiger partial charge in [0.1, 0.15) is 5.78 Å². The van der Waals surface area contributed by atoms with Gasteiger partial charge in [-0.3, -0.25) is 14.4 Å². The number of allylic oxidation sites excluding steroid dienone is 4. The maximum absolute atomic E-state index is 12.2. The van der Waals surface area contributed by atoms with Crippen molar-refractivity contribution in [2.45, 2.75) is 135 Å². The first-order valence-electron chi connectivity index (χ1n) is 20.8. The third kappa shape index (κ3) is 20.4. The van der Waals surface area contributed by atoms with E-state index in [-0.39, 0.29) is 62.7 Å². The molecule has 2 saturated carbocycles. The molecule has 60 heavy (non-hydrogen) atoms. The van der Waals surface area contributed by atoms with Gasteiger partial charge in [0.15, 0.2) is 0 Å². The number of hydrogen-bond acceptors (Lipinski definition) is 10. The van der Waals surface area contributed by atoms with E-state index in [1.54, 1.807) is 18.2 Å². The van der Waals surface area contributed by atoms with E-state index in [9.17, 15) is 39.9 Å². The van der Waals surface area contributed by atoms with Crippen molar-refractivity contribution in [2.75, 3.05) is 14.2 Å². The van der Waals surface area contributed by atoms with Crippen LogP contribution in [0.25, 0.3) is 0 Å². The van der Waals surface area contributed by atoms with Gasteiger partial charge in [0, 0.05) is 43.4 Å². The van der Waals surface area contributed by atoms with Crippen LogP contribution in [0.3, 0.4) is 0 Å². The minimum Gasteiger partial charge on any atom is -0.469 e. The number of ether oxygens (including phenoxy) is 2. The van der Waals surface area contributed by atoms with Crippen LogP contribution in [0.1, 0.15) is 103 Å². The molecule has 2 aromatic rings. The third-order valence-corrected chi connectivity index (χ3v) is 11.0. The fourth-order valence-electron chi connectivity index (χ4n) is 7.52. The SMILES string of the molecule is C.C.COC(=O)CCC/C=C\C[C@@H]1[C@@H](/C=C/[C@@H](O)CCc2ccccc2)[C@H](O)C[C@@H]1O.COC(=O)CCC/C=C\C[C@H]1C(=O)C[C@@H](O)[C@@H]1/C=C/[C@@H](O)CCc1ccccc1. The van der Waals surface area contributed by atoms with Crippen molar-refractivity contribution in [1.82, 2.24) is 0 Å². The lowest BCUT2D eigenvalue weighted by molar-refractivity contribution is -0.141. The molecular weight excluding hydrogens is 761 g/mol. The number of hydrogen-bond donors (Lipinski definition) is 5. The van der Waals surface area contributed by atoms with Gasteiger partial charge in [-0.15, -0.1) is 0 Å². The van der Waals surface area contributed by atoms with Gasteiger partial charge >= 0.3 is 11.9 Å². The van der Waals surface area contributed by atoms with E-state index in [1.165, 1.54) is 25.3 Å². The quantitative estimate of drug-likeness (QED) is 0.0447. The van der Waals surface area contributed by atoms with Crippen molar-refractivity contribution in [3.8, 4) is 0 Å². The standard InChI is InChI=1S/C24H34O5.C24H32O5.2CH4/c2*1-29-24(28)12-8-3-2-7-11-20-21(23(27)17-22(20)26)16-15-19(25)14-13-18-9-5-4-6-10-18;;/h2,4-7,9-10,15-16,19-23,25-27H,3,8,11-14,17H2,1H3;2,4-7,9-10,15-16,19-21,23,25,27H,3,8,11-14,17H2,1H3;2*1H4/b2*7-2-,16-15+;;/t19-,20+,21+,22-,23+;19-,20+,21+,23+;;/m00../s1. The highest BCUT2D eigenvalue weighted by molar-refractivity contribution is 5.84. The number of benzene rings is 2. The number of unbranched alkanes of at least 4 members (excludes halogenated alkanes) is 2. The molecule has 2 aliphatic rings. The van der Waals surface area contributed by atoms with Gasteiger partial charge in [0.25, 0.3) is 0 Å². The Hall–Kier alpha value is -4.19. The highest BCUT2D eigenvalue weighted by Gasteiger charge is 2.40. The molecule has 0 saturated heterocycles. The van der Waals surface area contributed by atoms with Crippen molar-refractivity contribution in [3.63, 3.8) is 0 Å². The molecule has 0 unspecified atom stereocenters. The van der Waals surface area contributed by atoms with E-state index in [2.05, 4.69) is 9.47 Å². The van der Waals surface area contributed by atoms with Gasteiger partial charge < -0.3 is 35.0 Å². The summed E-state index contributed by atoms with van der Waals surface area (Å²) in [5.74, 6) is -1.14. The number of aliphatic hydroxyl groups is 5. The Morgan fingerprint density at radius 2 is 1.13 bits per heavy atom. The van der Waals surface area contributed by atoms with Gasteiger partial charge in [0.2, 0.25) is 0 Å². The molecule has 5 N–H and O–H groups in total. The van der Waals surface area contributed by atoms with Crippen LogP contribution in [0.5, 0.6) is 0 Å². The minimum absolute atomic E-state index is 0. The number of carbonyl (C=O) groups is 3. The first-order valence-corrected chi connectivity index (χ1v) is 20.8. The number of ketones is 1. The first kappa shape index (κ1) is 53.8. The summed E-state index contributed by atoms with van der Waals surface area (Å²) < 4.78 is 9.22. The van der Waals surface area contributed by atoms with Crippen molar-refractivity contribution < 1.29 is 49.4 Å². The fourth-order valence-corrected chi connectivity index (χ4v) is 7.52. The molecule has 2 aromatic carbocycles. The van der Waals surface area contributed by atoms with E-state index in [0.717, 1.165) is 32.1 Å². The Labute approximate surface area is 359 Å². The van der Waals surface area contributed by atoms with Crippen molar-refractivity contribution in [1.29, 1.82) is 0 Å². The van der Waals surface area contributed by atoms with E-state index < -0.39 is 30.5 Å². The van der Waals surface area contributed by atoms with Gasteiger partial charge in [-0.05, 0) is 81.3 Å². The summed E-state index contributed by atoms with van der Waals surface area (Å²) in [7, 11) is 2.76. The number of carbonyl (C=O) groups excluding carboxylic acids is 3. The number of methoxy groups -OCH3 is 2. The predicted octanol–water partition coefficient (Wildman–Crippen LogP) is 7.85. The molecule has 0 aliphatic heterocycles. The molecule has 4 rings (SSSR count). The van der Waals surface area contributed by atoms with Crippen molar-refractivity contribution >= 4 is 17.7 Å². The lowest BCUT2D eigenvalue weighted by Crippen LogP contribution is -2.20. The second-order valence-electron chi connectivity index (χ2n) is 15.3. The number of Topliss-reactive ketones (excluding diaryl/α,β-unsaturated/α-hetero) is 1. The van der Waals surface area contributed by atoms with Crippen LogP contribution in [-0.2, 0) is 36.7 Å². The molecule has 0 spiro atoms. The smallest absolute Gasteiger partial charge is 0.305 e. The first-order chi connectivity index (χ1) is 28.0. The Kier molecular flexibility index (Phi) is 27.6. The number of rotatable bonds is 22. The van der Waals surface area contributed by atoms with Crippen LogP contribution in [-0.4, -0.2) is 88.0 Å². The Morgan fingerprint density at radius 3 is 1.62 bits per heavy atom. The third-order valence-electron chi connectivity index (χ3n) is 11.0. The van der Waals surface area contributed by atoms with Gasteiger partial charge in [-0.1, -0.05) is 124 Å². The summed E-state index contributed by atoms with van der Waals surface area (Å²) in [5.41, 5.74) is 2.36. The fraction of sp³-hybridized carbons (Fsp3) is 0.540. The molecule has 0 amide bonds. The summed E-state index contributed by atoms with van der Waals surface area (Å²) >= 11 is 0. The second kappa shape index (κ2) is 30.8. The molecule has 9 atom stereocenters. The normalized spacial score (nSPS) is 23.6. The number of aryl methyl sites for hydroxylation is 2. The maximum atomic E-state index is 12.2. The summed E-state index contributed by atoms with van der Waals surface area (Å²) in [6.45, 7) is 0. The average Bonchev–Trinajstić information content (AvgIpc) is 3.66. The zero-order valence-corrected chi connectivity index (χ0v) is 34.3. The van der Waals surface area contributed by atoms with Crippen LogP contribution < -0.4 is 0 Å². The molecule has 0 bridgehead atoms. The molecule has 334 valence electrons. The molecule has 0 aromatic heterocycles. The lowest BCUT2D eigenvalue weighted by Gasteiger charge is -2.19. The molecular formula is C50H74O10. The van der Waals surface area contributed by atoms with Gasteiger partial charge in [0.05, 0.1) is 44.7 Å². The summed E-state index contributed by atoms with van der Waals surface area (Å²) in [6, 6.07) is 20.0. The highest BCUT2D eigenvalue weighted by atomic mass is 16.5. The summed E-state index contributed by atoms with van der Waals surface area (Å²) in [4.78, 5) is 34.4. The monoisotopic (exact) mass is 835 g/mol. The molecule has 10 nitrogen and oxygen atoms in total. The topological polar surface area (TPSA) is 171 Å². The van der Waals surface area contributed by atoms with Crippen LogP contribution in [0.15, 0.2) is 109 Å². The van der Waals surface area contributed by atoms with Crippen LogP contribution in [0.2, 0.25) is 0 Å². The van der Waals surface area contributed by atoms with Gasteiger partial charge in [-0.2, -0.15) is 0 Å². The minimum atomic E-state index is -0.696. The number of esters is 2. The van der Waals surface area contributed by atoms with E-state index in [4.69, 9.17) is 0 Å². The molecule has 0 heterocycles. The van der Waals surface area contributed by atoms with Gasteiger partial charge in [-0.25, -0.2) is 0 Å². The van der Waals surface area contributed by atoms with Crippen LogP contribution in [0, 0.1) is 23.7 Å². The second-order valence-corrected chi connectivity index (χ2v) is 15.3. The Balaban J connectivity index is 0.000000581. The maximum Gasteiger partial charge on any atom is 0.305 e. The zero-order chi connectivity index (χ0) is 42.1. The predicted molar refractivity (Wildman–Crippen MR) is 239 cm³/mol. The highest BCUT2D eigenvalue weighted by Crippen LogP contribution is 2.37. The van der Waals surface area contributed by atoms with E-state index >= 15 is 0 Å². The Morgan fingerprint density at radius 1 is 0.667 bits per heavy atom.